The zero-order chi connectivity index (χ0) is 9.84. The molecule has 1 aromatic carbocycles. The first kappa shape index (κ1) is 10.4. The van der Waals surface area contributed by atoms with E-state index < -0.39 is 0 Å². The molecule has 72 valence electrons. The molecule has 13 heavy (non-hydrogen) atoms. The van der Waals surface area contributed by atoms with Crippen LogP contribution in [0.5, 0.6) is 0 Å². The third-order valence-corrected chi connectivity index (χ3v) is 3.15. The number of thioether (sulfide) groups is 1. The van der Waals surface area contributed by atoms with Gasteiger partial charge in [0.05, 0.1) is 5.69 Å². The first-order valence-electron chi connectivity index (χ1n) is 4.35. The van der Waals surface area contributed by atoms with Crippen LogP contribution >= 0.6 is 11.8 Å². The molecule has 1 unspecified atom stereocenters. The quantitative estimate of drug-likeness (QED) is 0.597. The van der Waals surface area contributed by atoms with Gasteiger partial charge in [-0.1, -0.05) is 13.8 Å². The van der Waals surface area contributed by atoms with E-state index in [0.717, 1.165) is 11.3 Å². The molecule has 0 spiro atoms. The second-order valence-corrected chi connectivity index (χ2v) is 4.53. The normalized spacial score (nSPS) is 12.8. The van der Waals surface area contributed by atoms with E-state index in [9.17, 15) is 4.39 Å². The van der Waals surface area contributed by atoms with E-state index in [0.29, 0.717) is 5.25 Å². The van der Waals surface area contributed by atoms with Gasteiger partial charge < -0.3 is 5.73 Å². The molecule has 0 aromatic heterocycles. The van der Waals surface area contributed by atoms with Crippen molar-refractivity contribution < 1.29 is 4.39 Å². The molecule has 0 bridgehead atoms. The lowest BCUT2D eigenvalue weighted by molar-refractivity contribution is 0.629. The Morgan fingerprint density at radius 3 is 2.77 bits per heavy atom. The molecular weight excluding hydrogens is 185 g/mol. The van der Waals surface area contributed by atoms with Crippen LogP contribution in [0, 0.1) is 5.82 Å². The molecule has 0 aliphatic carbocycles. The third kappa shape index (κ3) is 2.92. The molecule has 3 heteroatoms. The minimum Gasteiger partial charge on any atom is -0.396 e. The molecule has 0 aliphatic heterocycles. The molecule has 0 heterocycles. The smallest absolute Gasteiger partial charge is 0.147 e. The summed E-state index contributed by atoms with van der Waals surface area (Å²) in [5.74, 6) is -0.326. The minimum absolute atomic E-state index is 0.216. The molecule has 1 rings (SSSR count). The molecule has 0 fully saturated rings. The van der Waals surface area contributed by atoms with Crippen LogP contribution in [-0.2, 0) is 0 Å². The summed E-state index contributed by atoms with van der Waals surface area (Å²) in [4.78, 5) is 0.945. The highest BCUT2D eigenvalue weighted by Gasteiger charge is 2.04. The largest absolute Gasteiger partial charge is 0.396 e. The SMILES string of the molecule is CCC(C)Sc1ccc(N)c(F)c1. The number of benzene rings is 1. The number of nitrogen functional groups attached to an aromatic ring is 1. The Balaban J connectivity index is 2.73. The van der Waals surface area contributed by atoms with Gasteiger partial charge in [-0.05, 0) is 24.6 Å². The summed E-state index contributed by atoms with van der Waals surface area (Å²) in [6.45, 7) is 4.24. The summed E-state index contributed by atoms with van der Waals surface area (Å²) in [6, 6.07) is 4.96. The first-order chi connectivity index (χ1) is 6.13. The van der Waals surface area contributed by atoms with Gasteiger partial charge in [0.1, 0.15) is 5.82 Å². The first-order valence-corrected chi connectivity index (χ1v) is 5.23. The Kier molecular flexibility index (Phi) is 3.60. The van der Waals surface area contributed by atoms with Gasteiger partial charge in [0.25, 0.3) is 0 Å². The van der Waals surface area contributed by atoms with E-state index in [4.69, 9.17) is 5.73 Å². The topological polar surface area (TPSA) is 26.0 Å². The van der Waals surface area contributed by atoms with Crippen LogP contribution in [0.4, 0.5) is 10.1 Å². The minimum atomic E-state index is -0.326. The van der Waals surface area contributed by atoms with Gasteiger partial charge in [-0.2, -0.15) is 0 Å². The standard InChI is InChI=1S/C10H14FNS/c1-3-7(2)13-8-4-5-10(12)9(11)6-8/h4-7H,3,12H2,1-2H3. The monoisotopic (exact) mass is 199 g/mol. The molecule has 0 saturated heterocycles. The van der Waals surface area contributed by atoms with Crippen molar-refractivity contribution in [2.45, 2.75) is 30.4 Å². The molecule has 2 N–H and O–H groups in total. The number of nitrogens with two attached hydrogens (primary N) is 1. The lowest BCUT2D eigenvalue weighted by Crippen LogP contribution is -1.94. The molecular formula is C10H14FNS. The highest BCUT2D eigenvalue weighted by Crippen LogP contribution is 2.26. The van der Waals surface area contributed by atoms with Crippen molar-refractivity contribution in [1.29, 1.82) is 0 Å². The van der Waals surface area contributed by atoms with Gasteiger partial charge >= 0.3 is 0 Å². The number of anilines is 1. The lowest BCUT2D eigenvalue weighted by Gasteiger charge is -2.08. The Labute approximate surface area is 82.5 Å². The van der Waals surface area contributed by atoms with Gasteiger partial charge in [0, 0.05) is 10.1 Å². The number of rotatable bonds is 3. The summed E-state index contributed by atoms with van der Waals surface area (Å²) in [6.07, 6.45) is 1.08. The molecule has 0 aliphatic rings. The van der Waals surface area contributed by atoms with E-state index in [1.165, 1.54) is 6.07 Å². The predicted molar refractivity (Wildman–Crippen MR) is 56.4 cm³/mol. The highest BCUT2D eigenvalue weighted by molar-refractivity contribution is 7.99. The van der Waals surface area contributed by atoms with Crippen molar-refractivity contribution in [3.05, 3.63) is 24.0 Å². The fourth-order valence-electron chi connectivity index (χ4n) is 0.897. The molecule has 1 nitrogen and oxygen atoms in total. The van der Waals surface area contributed by atoms with Gasteiger partial charge in [-0.3, -0.25) is 0 Å². The number of halogens is 1. The fourth-order valence-corrected chi connectivity index (χ4v) is 1.85. The number of hydrogen-bond acceptors (Lipinski definition) is 2. The molecule has 0 amide bonds. The lowest BCUT2D eigenvalue weighted by atomic mass is 10.3. The van der Waals surface area contributed by atoms with Gasteiger partial charge in [-0.15, -0.1) is 11.8 Å². The van der Waals surface area contributed by atoms with Crippen molar-refractivity contribution in [3.8, 4) is 0 Å². The average Bonchev–Trinajstić information content (AvgIpc) is 2.11. The van der Waals surface area contributed by atoms with Gasteiger partial charge in [0.2, 0.25) is 0 Å². The molecule has 0 saturated carbocycles. The van der Waals surface area contributed by atoms with Crippen molar-refractivity contribution >= 4 is 17.4 Å². The predicted octanol–water partition coefficient (Wildman–Crippen LogP) is 3.30. The third-order valence-electron chi connectivity index (χ3n) is 1.88. The maximum Gasteiger partial charge on any atom is 0.147 e. The van der Waals surface area contributed by atoms with E-state index in [1.54, 1.807) is 17.8 Å². The van der Waals surface area contributed by atoms with E-state index in [2.05, 4.69) is 13.8 Å². The van der Waals surface area contributed by atoms with Crippen molar-refractivity contribution in [3.63, 3.8) is 0 Å². The molecule has 0 radical (unpaired) electrons. The van der Waals surface area contributed by atoms with Crippen LogP contribution in [0.15, 0.2) is 23.1 Å². The zero-order valence-corrected chi connectivity index (χ0v) is 8.70. The average molecular weight is 199 g/mol. The van der Waals surface area contributed by atoms with Crippen molar-refractivity contribution in [1.82, 2.24) is 0 Å². The summed E-state index contributed by atoms with van der Waals surface area (Å²) < 4.78 is 13.0. The summed E-state index contributed by atoms with van der Waals surface area (Å²) in [5.41, 5.74) is 5.58. The Hall–Kier alpha value is -0.700. The Bertz CT molecular complexity index is 288. The zero-order valence-electron chi connectivity index (χ0n) is 7.88. The van der Waals surface area contributed by atoms with Crippen molar-refractivity contribution in [2.75, 3.05) is 5.73 Å². The summed E-state index contributed by atoms with van der Waals surface area (Å²) >= 11 is 1.67. The van der Waals surface area contributed by atoms with Crippen LogP contribution in [0.25, 0.3) is 0 Å². The van der Waals surface area contributed by atoms with Crippen LogP contribution in [0.2, 0.25) is 0 Å². The fraction of sp³-hybridized carbons (Fsp3) is 0.400. The van der Waals surface area contributed by atoms with Crippen LogP contribution in [0.1, 0.15) is 20.3 Å². The Morgan fingerprint density at radius 1 is 1.54 bits per heavy atom. The van der Waals surface area contributed by atoms with Gasteiger partial charge in [0.15, 0.2) is 0 Å². The molecule has 1 atom stereocenters. The molecule has 1 aromatic rings. The maximum absolute atomic E-state index is 13.0. The van der Waals surface area contributed by atoms with Crippen LogP contribution in [-0.4, -0.2) is 5.25 Å². The summed E-state index contributed by atoms with van der Waals surface area (Å²) in [5, 5.41) is 0.517. The van der Waals surface area contributed by atoms with E-state index in [1.807, 2.05) is 6.07 Å². The summed E-state index contributed by atoms with van der Waals surface area (Å²) in [7, 11) is 0. The number of hydrogen-bond donors (Lipinski definition) is 1. The van der Waals surface area contributed by atoms with Crippen molar-refractivity contribution in [2.24, 2.45) is 0 Å². The highest BCUT2D eigenvalue weighted by atomic mass is 32.2. The second kappa shape index (κ2) is 4.51. The second-order valence-electron chi connectivity index (χ2n) is 3.02. The van der Waals surface area contributed by atoms with E-state index in [-0.39, 0.29) is 11.5 Å². The van der Waals surface area contributed by atoms with Crippen LogP contribution in [0.3, 0.4) is 0 Å². The Morgan fingerprint density at radius 2 is 2.23 bits per heavy atom. The van der Waals surface area contributed by atoms with E-state index >= 15 is 0 Å². The van der Waals surface area contributed by atoms with Gasteiger partial charge in [-0.25, -0.2) is 4.39 Å². The maximum atomic E-state index is 13.0. The van der Waals surface area contributed by atoms with Crippen LogP contribution < -0.4 is 5.73 Å².